The van der Waals surface area contributed by atoms with E-state index >= 15 is 0 Å². The molecule has 2 aliphatic rings. The number of anilines is 1. The van der Waals surface area contributed by atoms with Crippen molar-refractivity contribution in [2.45, 2.75) is 49.7 Å². The Kier molecular flexibility index (Phi) is 5.41. The Morgan fingerprint density at radius 2 is 2.00 bits per heavy atom. The summed E-state index contributed by atoms with van der Waals surface area (Å²) in [5, 5.41) is 29.9. The minimum Gasteiger partial charge on any atom is -0.393 e. The number of carbonyl (C=O) groups excluding carboxylic acids is 1. The molecular formula is C21H21F3N6O3. The highest BCUT2D eigenvalue weighted by molar-refractivity contribution is 6.07. The van der Waals surface area contributed by atoms with E-state index < -0.39 is 48.0 Å². The smallest absolute Gasteiger partial charge is 0.275 e. The van der Waals surface area contributed by atoms with Crippen LogP contribution >= 0.6 is 0 Å². The lowest BCUT2D eigenvalue weighted by Crippen LogP contribution is -2.32. The molecule has 5 atom stereocenters. The number of aliphatic hydroxyl groups excluding tert-OH is 2. The third-order valence-electron chi connectivity index (χ3n) is 6.21. The fourth-order valence-electron chi connectivity index (χ4n) is 4.65. The summed E-state index contributed by atoms with van der Waals surface area (Å²) >= 11 is 0. The lowest BCUT2D eigenvalue weighted by molar-refractivity contribution is 0.0722. The van der Waals surface area contributed by atoms with Crippen LogP contribution in [0, 0.1) is 11.6 Å². The second kappa shape index (κ2) is 8.27. The van der Waals surface area contributed by atoms with Crippen LogP contribution in [0.1, 0.15) is 41.4 Å². The van der Waals surface area contributed by atoms with Gasteiger partial charge in [-0.2, -0.15) is 5.10 Å². The van der Waals surface area contributed by atoms with Gasteiger partial charge in [-0.15, -0.1) is 0 Å². The van der Waals surface area contributed by atoms with Gasteiger partial charge in [0.1, 0.15) is 30.0 Å². The largest absolute Gasteiger partial charge is 0.393 e. The molecule has 12 heteroatoms. The van der Waals surface area contributed by atoms with E-state index in [1.54, 1.807) is 0 Å². The summed E-state index contributed by atoms with van der Waals surface area (Å²) in [7, 11) is 0. The molecule has 0 radical (unpaired) electrons. The van der Waals surface area contributed by atoms with E-state index in [1.807, 2.05) is 0 Å². The number of benzene rings is 1. The van der Waals surface area contributed by atoms with Crippen LogP contribution < -0.4 is 5.32 Å². The van der Waals surface area contributed by atoms with Crippen molar-refractivity contribution < 1.29 is 28.2 Å². The number of aromatic amines is 1. The average molecular weight is 462 g/mol. The van der Waals surface area contributed by atoms with Crippen LogP contribution in [0.5, 0.6) is 0 Å². The molecule has 1 saturated heterocycles. The first-order chi connectivity index (χ1) is 15.8. The van der Waals surface area contributed by atoms with Gasteiger partial charge in [-0.3, -0.25) is 9.89 Å². The van der Waals surface area contributed by atoms with Crippen LogP contribution in [0.25, 0.3) is 11.0 Å². The predicted molar refractivity (Wildman–Crippen MR) is 110 cm³/mol. The second-order valence-corrected chi connectivity index (χ2v) is 8.43. The van der Waals surface area contributed by atoms with E-state index in [2.05, 4.69) is 25.5 Å². The number of aromatic nitrogens is 4. The van der Waals surface area contributed by atoms with Crippen molar-refractivity contribution in [1.29, 1.82) is 0 Å². The minimum atomic E-state index is -1.42. The summed E-state index contributed by atoms with van der Waals surface area (Å²) < 4.78 is 42.5. The molecule has 0 unspecified atom stereocenters. The van der Waals surface area contributed by atoms with E-state index in [1.165, 1.54) is 6.33 Å². The van der Waals surface area contributed by atoms with Crippen molar-refractivity contribution >= 4 is 22.8 Å². The van der Waals surface area contributed by atoms with E-state index in [0.29, 0.717) is 0 Å². The quantitative estimate of drug-likeness (QED) is 0.466. The highest BCUT2D eigenvalue weighted by Crippen LogP contribution is 2.37. The van der Waals surface area contributed by atoms with Crippen molar-refractivity contribution in [3.63, 3.8) is 0 Å². The monoisotopic (exact) mass is 462 g/mol. The SMILES string of the molecule is O=C(c1n[nH]c2ncnc(N[C@H]3C[C@H](O)C[C@@H]3O)c12)N1C[C@@H](F)C[C@@H]1c1cc(F)ccc1F. The summed E-state index contributed by atoms with van der Waals surface area (Å²) in [6.45, 7) is -0.308. The molecule has 1 aliphatic heterocycles. The Hall–Kier alpha value is -3.25. The third kappa shape index (κ3) is 3.89. The number of aliphatic hydroxyl groups is 2. The molecule has 174 valence electrons. The van der Waals surface area contributed by atoms with Gasteiger partial charge in [0.2, 0.25) is 0 Å². The van der Waals surface area contributed by atoms with E-state index in [4.69, 9.17) is 0 Å². The van der Waals surface area contributed by atoms with Gasteiger partial charge in [0.05, 0.1) is 36.2 Å². The minimum absolute atomic E-state index is 0.110. The summed E-state index contributed by atoms with van der Waals surface area (Å²) in [5.41, 5.74) is 0.00594. The molecule has 1 aromatic carbocycles. The van der Waals surface area contributed by atoms with Crippen LogP contribution in [-0.4, -0.2) is 72.2 Å². The summed E-state index contributed by atoms with van der Waals surface area (Å²) in [4.78, 5) is 22.8. The predicted octanol–water partition coefficient (Wildman–Crippen LogP) is 1.85. The fourth-order valence-corrected chi connectivity index (χ4v) is 4.65. The van der Waals surface area contributed by atoms with E-state index in [9.17, 15) is 28.2 Å². The van der Waals surface area contributed by atoms with Gasteiger partial charge in [-0.05, 0) is 24.6 Å². The molecule has 1 saturated carbocycles. The Labute approximate surface area is 185 Å². The number of nitrogens with one attached hydrogen (secondary N) is 2. The molecule has 0 bridgehead atoms. The molecule has 2 aromatic heterocycles. The van der Waals surface area contributed by atoms with Crippen molar-refractivity contribution in [2.75, 3.05) is 11.9 Å². The standard InChI is InChI=1S/C21H21F3N6O3/c22-9-1-2-13(24)12(3-9)15-4-10(23)7-30(15)21(33)18-17-19(25-8-26-20(17)29-28-18)27-14-5-11(31)6-16(14)32/h1-3,8,10-11,14-16,31-32H,4-7H2,(H2,25,26,27,28,29)/t10-,11-,14-,15+,16-/m0/s1. The first-order valence-corrected chi connectivity index (χ1v) is 10.5. The number of halogens is 3. The highest BCUT2D eigenvalue weighted by atomic mass is 19.1. The highest BCUT2D eigenvalue weighted by Gasteiger charge is 2.40. The number of carbonyl (C=O) groups is 1. The zero-order valence-electron chi connectivity index (χ0n) is 17.3. The maximum atomic E-state index is 14.4. The fraction of sp³-hybridized carbons (Fsp3) is 0.429. The van der Waals surface area contributed by atoms with Crippen LogP contribution in [0.3, 0.4) is 0 Å². The lowest BCUT2D eigenvalue weighted by Gasteiger charge is -2.24. The van der Waals surface area contributed by atoms with Gasteiger partial charge < -0.3 is 20.4 Å². The van der Waals surface area contributed by atoms with Crippen molar-refractivity contribution in [3.8, 4) is 0 Å². The summed E-state index contributed by atoms with van der Waals surface area (Å²) in [6, 6.07) is 1.34. The van der Waals surface area contributed by atoms with Crippen LogP contribution in [-0.2, 0) is 0 Å². The average Bonchev–Trinajstić information content (AvgIpc) is 3.46. The van der Waals surface area contributed by atoms with Crippen molar-refractivity contribution in [2.24, 2.45) is 0 Å². The number of fused-ring (bicyclic) bond motifs is 1. The maximum Gasteiger partial charge on any atom is 0.275 e. The van der Waals surface area contributed by atoms with Gasteiger partial charge in [-0.1, -0.05) is 0 Å². The number of alkyl halides is 1. The normalized spacial score (nSPS) is 27.4. The molecule has 4 N–H and O–H groups in total. The van der Waals surface area contributed by atoms with Gasteiger partial charge in [0.15, 0.2) is 11.3 Å². The zero-order chi connectivity index (χ0) is 23.3. The number of hydrogen-bond donors (Lipinski definition) is 4. The third-order valence-corrected chi connectivity index (χ3v) is 6.21. The molecule has 33 heavy (non-hydrogen) atoms. The Bertz CT molecular complexity index is 1210. The van der Waals surface area contributed by atoms with Crippen LogP contribution in [0.4, 0.5) is 19.0 Å². The summed E-state index contributed by atoms with van der Waals surface area (Å²) in [6.07, 6.45) is -1.36. The first-order valence-electron chi connectivity index (χ1n) is 10.5. The number of rotatable bonds is 4. The summed E-state index contributed by atoms with van der Waals surface area (Å²) in [5.74, 6) is -1.91. The van der Waals surface area contributed by atoms with Gasteiger partial charge in [0.25, 0.3) is 5.91 Å². The molecule has 1 amide bonds. The molecule has 3 heterocycles. The molecule has 3 aromatic rings. The number of hydrogen-bond acceptors (Lipinski definition) is 7. The first kappa shape index (κ1) is 21.6. The molecule has 5 rings (SSSR count). The Morgan fingerprint density at radius 1 is 1.18 bits per heavy atom. The number of likely N-dealkylation sites (tertiary alicyclic amines) is 1. The lowest BCUT2D eigenvalue weighted by atomic mass is 10.0. The topological polar surface area (TPSA) is 127 Å². The molecule has 0 spiro atoms. The van der Waals surface area contributed by atoms with E-state index in [0.717, 1.165) is 23.1 Å². The van der Waals surface area contributed by atoms with Crippen LogP contribution in [0.15, 0.2) is 24.5 Å². The molecular weight excluding hydrogens is 441 g/mol. The number of amides is 1. The zero-order valence-corrected chi connectivity index (χ0v) is 17.3. The number of H-pyrrole nitrogens is 1. The van der Waals surface area contributed by atoms with Gasteiger partial charge >= 0.3 is 0 Å². The second-order valence-electron chi connectivity index (χ2n) is 8.43. The molecule has 1 aliphatic carbocycles. The Morgan fingerprint density at radius 3 is 2.76 bits per heavy atom. The molecule has 9 nitrogen and oxygen atoms in total. The van der Waals surface area contributed by atoms with Gasteiger partial charge in [0, 0.05) is 18.4 Å². The Balaban J connectivity index is 1.51. The van der Waals surface area contributed by atoms with Crippen molar-refractivity contribution in [3.05, 3.63) is 47.4 Å². The van der Waals surface area contributed by atoms with E-state index in [-0.39, 0.29) is 53.9 Å². The molecule has 2 fully saturated rings. The van der Waals surface area contributed by atoms with Gasteiger partial charge in [-0.25, -0.2) is 23.1 Å². The van der Waals surface area contributed by atoms with Crippen molar-refractivity contribution in [1.82, 2.24) is 25.1 Å². The maximum absolute atomic E-state index is 14.4. The number of nitrogens with zero attached hydrogens (tertiary/aromatic N) is 4. The van der Waals surface area contributed by atoms with Crippen LogP contribution in [0.2, 0.25) is 0 Å².